The molecule has 3 unspecified atom stereocenters. The molecule has 1 amide bonds. The van der Waals surface area contributed by atoms with Crippen molar-refractivity contribution in [2.24, 2.45) is 23.7 Å². The van der Waals surface area contributed by atoms with Gasteiger partial charge in [-0.25, -0.2) is 0 Å². The van der Waals surface area contributed by atoms with Crippen LogP contribution in [0.2, 0.25) is 0 Å². The average Bonchev–Trinajstić information content (AvgIpc) is 3.02. The van der Waals surface area contributed by atoms with Crippen molar-refractivity contribution in [3.05, 3.63) is 48.0 Å². The Bertz CT molecular complexity index is 1180. The van der Waals surface area contributed by atoms with E-state index in [0.29, 0.717) is 42.7 Å². The van der Waals surface area contributed by atoms with E-state index in [1.165, 1.54) is 50.9 Å². The molecule has 2 N–H and O–H groups in total. The molecular formula is C39H59N3O3. The molecule has 2 saturated carbocycles. The van der Waals surface area contributed by atoms with E-state index in [9.17, 15) is 9.59 Å². The molecule has 1 spiro atoms. The maximum absolute atomic E-state index is 14.4. The van der Waals surface area contributed by atoms with Crippen LogP contribution >= 0.6 is 0 Å². The number of piperidine rings is 1. The summed E-state index contributed by atoms with van der Waals surface area (Å²) in [4.78, 5) is 29.8. The zero-order valence-electron chi connectivity index (χ0n) is 28.5. The summed E-state index contributed by atoms with van der Waals surface area (Å²) in [6, 6.07) is 11.2. The van der Waals surface area contributed by atoms with Crippen LogP contribution in [0, 0.1) is 34.5 Å². The Morgan fingerprint density at radius 3 is 2.31 bits per heavy atom. The SMILES string of the molecule is CCCC(C)C1(c2ccccc2)CCC2(CCC(C(C)CC(=O)CCCCC(=N)/C=C\C(=N)OC)C(=O)N2CC2CCC2)CC1. The lowest BCUT2D eigenvalue weighted by Crippen LogP contribution is -2.62. The van der Waals surface area contributed by atoms with E-state index in [1.54, 1.807) is 6.08 Å². The molecule has 0 radical (unpaired) electrons. The highest BCUT2D eigenvalue weighted by Crippen LogP contribution is 2.54. The van der Waals surface area contributed by atoms with Crippen LogP contribution in [0.4, 0.5) is 0 Å². The Balaban J connectivity index is 1.37. The average molecular weight is 618 g/mol. The minimum absolute atomic E-state index is 0.0300. The summed E-state index contributed by atoms with van der Waals surface area (Å²) in [5.41, 5.74) is 2.08. The van der Waals surface area contributed by atoms with Gasteiger partial charge in [-0.15, -0.1) is 0 Å². The van der Waals surface area contributed by atoms with Crippen molar-refractivity contribution in [3.63, 3.8) is 0 Å². The third kappa shape index (κ3) is 8.54. The van der Waals surface area contributed by atoms with Gasteiger partial charge in [-0.2, -0.15) is 0 Å². The molecule has 0 aromatic heterocycles. The largest absolute Gasteiger partial charge is 0.481 e. The van der Waals surface area contributed by atoms with Gasteiger partial charge in [-0.1, -0.05) is 70.4 Å². The van der Waals surface area contributed by atoms with Gasteiger partial charge >= 0.3 is 0 Å². The summed E-state index contributed by atoms with van der Waals surface area (Å²) in [6.07, 6.45) is 18.8. The van der Waals surface area contributed by atoms with Crippen LogP contribution in [0.5, 0.6) is 0 Å². The number of hydrogen-bond donors (Lipinski definition) is 2. The number of nitrogens with one attached hydrogen (secondary N) is 2. The fourth-order valence-corrected chi connectivity index (χ4v) is 8.66. The van der Waals surface area contributed by atoms with Gasteiger partial charge in [0.25, 0.3) is 0 Å². The molecule has 3 aliphatic rings. The van der Waals surface area contributed by atoms with Crippen LogP contribution in [0.1, 0.15) is 129 Å². The van der Waals surface area contributed by atoms with Gasteiger partial charge in [-0.05, 0) is 105 Å². The fraction of sp³-hybridized carbons (Fsp3) is 0.692. The van der Waals surface area contributed by atoms with Crippen LogP contribution in [0.25, 0.3) is 0 Å². The van der Waals surface area contributed by atoms with E-state index in [2.05, 4.69) is 56.0 Å². The van der Waals surface area contributed by atoms with Crippen molar-refractivity contribution in [3.8, 4) is 0 Å². The number of ketones is 1. The number of carbonyl (C=O) groups is 2. The first-order valence-corrected chi connectivity index (χ1v) is 17.9. The lowest BCUT2D eigenvalue weighted by Gasteiger charge is -2.58. The Hall–Kier alpha value is -2.76. The second kappa shape index (κ2) is 16.2. The highest BCUT2D eigenvalue weighted by atomic mass is 16.5. The summed E-state index contributed by atoms with van der Waals surface area (Å²) in [5, 5.41) is 15.5. The minimum Gasteiger partial charge on any atom is -0.481 e. The number of carbonyl (C=O) groups excluding carboxylic acids is 2. The van der Waals surface area contributed by atoms with Gasteiger partial charge in [0.05, 0.1) is 7.11 Å². The van der Waals surface area contributed by atoms with Gasteiger partial charge < -0.3 is 15.0 Å². The highest BCUT2D eigenvalue weighted by molar-refractivity contribution is 5.98. The van der Waals surface area contributed by atoms with Gasteiger partial charge in [0, 0.05) is 42.6 Å². The number of Topliss-reactive ketones (excluding diaryl/α,β-unsaturated/α-hetero) is 1. The normalized spacial score (nSPS) is 26.9. The van der Waals surface area contributed by atoms with Crippen molar-refractivity contribution in [1.82, 2.24) is 4.90 Å². The molecule has 4 rings (SSSR count). The molecular weight excluding hydrogens is 558 g/mol. The van der Waals surface area contributed by atoms with Crippen LogP contribution < -0.4 is 0 Å². The van der Waals surface area contributed by atoms with Gasteiger partial charge in [0.1, 0.15) is 5.78 Å². The smallest absolute Gasteiger partial charge is 0.226 e. The van der Waals surface area contributed by atoms with Crippen molar-refractivity contribution in [2.45, 2.75) is 134 Å². The van der Waals surface area contributed by atoms with Crippen LogP contribution in [-0.2, 0) is 19.7 Å². The molecule has 0 bridgehead atoms. The number of likely N-dealkylation sites (tertiary alicyclic amines) is 1. The van der Waals surface area contributed by atoms with E-state index >= 15 is 0 Å². The molecule has 6 heteroatoms. The molecule has 1 aromatic rings. The first kappa shape index (κ1) is 35.1. The Kier molecular flexibility index (Phi) is 12.6. The highest BCUT2D eigenvalue weighted by Gasteiger charge is 2.53. The number of unbranched alkanes of at least 4 members (excludes halogenated alkanes) is 1. The number of benzene rings is 1. The second-order valence-corrected chi connectivity index (χ2v) is 14.7. The third-order valence-electron chi connectivity index (χ3n) is 11.9. The number of methoxy groups -OCH3 is 1. The maximum Gasteiger partial charge on any atom is 0.226 e. The summed E-state index contributed by atoms with van der Waals surface area (Å²) >= 11 is 0. The predicted molar refractivity (Wildman–Crippen MR) is 184 cm³/mol. The van der Waals surface area contributed by atoms with Crippen molar-refractivity contribution in [1.29, 1.82) is 10.8 Å². The second-order valence-electron chi connectivity index (χ2n) is 14.7. The first-order chi connectivity index (χ1) is 21.6. The summed E-state index contributed by atoms with van der Waals surface area (Å²) in [5.74, 6) is 1.84. The summed E-state index contributed by atoms with van der Waals surface area (Å²) < 4.78 is 4.79. The van der Waals surface area contributed by atoms with Crippen molar-refractivity contribution < 1.29 is 14.3 Å². The van der Waals surface area contributed by atoms with Gasteiger partial charge in [-0.3, -0.25) is 15.0 Å². The van der Waals surface area contributed by atoms with Crippen molar-refractivity contribution >= 4 is 23.3 Å². The monoisotopic (exact) mass is 617 g/mol. The van der Waals surface area contributed by atoms with Crippen LogP contribution in [0.3, 0.4) is 0 Å². The van der Waals surface area contributed by atoms with Gasteiger partial charge in [0.15, 0.2) is 0 Å². The maximum atomic E-state index is 14.4. The molecule has 1 saturated heterocycles. The Morgan fingerprint density at radius 1 is 1.00 bits per heavy atom. The van der Waals surface area contributed by atoms with E-state index in [1.807, 2.05) is 0 Å². The van der Waals surface area contributed by atoms with E-state index in [-0.39, 0.29) is 34.5 Å². The first-order valence-electron chi connectivity index (χ1n) is 17.9. The third-order valence-corrected chi connectivity index (χ3v) is 11.9. The quantitative estimate of drug-likeness (QED) is 0.110. The molecule has 45 heavy (non-hydrogen) atoms. The van der Waals surface area contributed by atoms with E-state index in [4.69, 9.17) is 15.6 Å². The number of ether oxygens (including phenoxy) is 1. The van der Waals surface area contributed by atoms with E-state index < -0.39 is 0 Å². The van der Waals surface area contributed by atoms with Crippen LogP contribution in [-0.4, -0.2) is 47.4 Å². The molecule has 1 heterocycles. The Morgan fingerprint density at radius 2 is 1.69 bits per heavy atom. The standard InChI is InChI=1S/C39H59N3O3/c1-5-12-30(3)39(32-15-7-6-8-16-32)25-23-38(24-26-39)22-21-35(37(44)42(38)28-31-13-11-14-31)29(2)27-34(43)18-10-9-17-33(40)19-20-36(41)45-4/h6-8,15-16,19-20,29-31,35,40-41H,5,9-14,17-18,21-28H2,1-4H3/b20-19-,40-33?,41-36?. The number of nitrogens with zero attached hydrogens (tertiary/aromatic N) is 1. The van der Waals surface area contributed by atoms with Crippen molar-refractivity contribution in [2.75, 3.05) is 13.7 Å². The lowest BCUT2D eigenvalue weighted by atomic mass is 9.56. The molecule has 2 aliphatic carbocycles. The molecule has 3 fully saturated rings. The molecule has 1 aromatic carbocycles. The van der Waals surface area contributed by atoms with E-state index in [0.717, 1.165) is 57.9 Å². The number of amides is 1. The van der Waals surface area contributed by atoms with Crippen LogP contribution in [0.15, 0.2) is 42.5 Å². The molecule has 3 atom stereocenters. The number of rotatable bonds is 16. The zero-order chi connectivity index (χ0) is 32.5. The topological polar surface area (TPSA) is 94.3 Å². The molecule has 1 aliphatic heterocycles. The Labute approximate surface area is 272 Å². The lowest BCUT2D eigenvalue weighted by molar-refractivity contribution is -0.156. The molecule has 6 nitrogen and oxygen atoms in total. The summed E-state index contributed by atoms with van der Waals surface area (Å²) in [6.45, 7) is 7.79. The predicted octanol–water partition coefficient (Wildman–Crippen LogP) is 9.07. The zero-order valence-corrected chi connectivity index (χ0v) is 28.5. The molecule has 248 valence electrons. The fourth-order valence-electron chi connectivity index (χ4n) is 8.66. The number of allylic oxidation sites excluding steroid dienone is 1. The number of hydrogen-bond acceptors (Lipinski definition) is 5. The summed E-state index contributed by atoms with van der Waals surface area (Å²) in [7, 11) is 1.44. The minimum atomic E-state index is -0.0612. The van der Waals surface area contributed by atoms with Gasteiger partial charge in [0.2, 0.25) is 11.8 Å².